The van der Waals surface area contributed by atoms with Crippen molar-refractivity contribution in [3.63, 3.8) is 0 Å². The second-order valence-electron chi connectivity index (χ2n) is 7.77. The van der Waals surface area contributed by atoms with Gasteiger partial charge in [-0.15, -0.1) is 11.3 Å². The summed E-state index contributed by atoms with van der Waals surface area (Å²) in [7, 11) is 1.78. The highest BCUT2D eigenvalue weighted by Crippen LogP contribution is 2.28. The van der Waals surface area contributed by atoms with Gasteiger partial charge in [0.25, 0.3) is 0 Å². The molecule has 0 spiro atoms. The number of carbonyl (C=O) groups excluding carboxylic acids is 2. The van der Waals surface area contributed by atoms with Crippen molar-refractivity contribution in [3.05, 3.63) is 95.5 Å². The van der Waals surface area contributed by atoms with Crippen LogP contribution >= 0.6 is 11.3 Å². The van der Waals surface area contributed by atoms with Gasteiger partial charge in [0, 0.05) is 38.3 Å². The number of benzene rings is 2. The third-order valence-corrected chi connectivity index (χ3v) is 6.14. The van der Waals surface area contributed by atoms with Crippen molar-refractivity contribution in [1.29, 1.82) is 0 Å². The minimum atomic E-state index is -0.0826. The van der Waals surface area contributed by atoms with Crippen molar-refractivity contribution in [3.8, 4) is 16.3 Å². The van der Waals surface area contributed by atoms with Crippen molar-refractivity contribution < 1.29 is 9.59 Å². The number of thiophene rings is 1. The van der Waals surface area contributed by atoms with Gasteiger partial charge in [-0.2, -0.15) is 5.10 Å². The average Bonchev–Trinajstić information content (AvgIpc) is 3.50. The first-order valence-corrected chi connectivity index (χ1v) is 11.7. The van der Waals surface area contributed by atoms with Crippen LogP contribution in [0.4, 0.5) is 0 Å². The number of carbonyl (C=O) groups is 2. The van der Waals surface area contributed by atoms with Gasteiger partial charge in [0.15, 0.2) is 0 Å². The predicted octanol–water partition coefficient (Wildman–Crippen LogP) is 4.31. The number of nitrogens with one attached hydrogen (secondary N) is 1. The maximum absolute atomic E-state index is 12.7. The van der Waals surface area contributed by atoms with Crippen LogP contribution in [0, 0.1) is 0 Å². The van der Waals surface area contributed by atoms with E-state index >= 15 is 0 Å². The Kier molecular flexibility index (Phi) is 7.32. The fraction of sp³-hybridized carbons (Fsp3) is 0.192. The molecule has 33 heavy (non-hydrogen) atoms. The van der Waals surface area contributed by atoms with E-state index in [2.05, 4.69) is 5.32 Å². The molecule has 7 heteroatoms. The normalized spacial score (nSPS) is 10.7. The number of hydrogen-bond donors (Lipinski definition) is 1. The number of rotatable bonds is 9. The van der Waals surface area contributed by atoms with Gasteiger partial charge in [0.1, 0.15) is 5.69 Å². The largest absolute Gasteiger partial charge is 0.355 e. The second kappa shape index (κ2) is 10.7. The third kappa shape index (κ3) is 5.96. The van der Waals surface area contributed by atoms with E-state index in [0.29, 0.717) is 19.5 Å². The molecular formula is C26H26N4O2S. The molecule has 0 aliphatic rings. The molecule has 2 heterocycles. The summed E-state index contributed by atoms with van der Waals surface area (Å²) in [6.45, 7) is 0.757. The SMILES string of the molecule is CN(Cc1cn(-c2ccccc2)nc1-c1cccs1)C(=O)CCNC(=O)Cc1ccccc1. The van der Waals surface area contributed by atoms with Gasteiger partial charge in [-0.3, -0.25) is 9.59 Å². The molecule has 0 radical (unpaired) electrons. The van der Waals surface area contributed by atoms with Gasteiger partial charge in [-0.1, -0.05) is 54.6 Å². The fourth-order valence-electron chi connectivity index (χ4n) is 3.55. The van der Waals surface area contributed by atoms with Crippen LogP contribution in [0.5, 0.6) is 0 Å². The minimum absolute atomic E-state index is 0.0281. The van der Waals surface area contributed by atoms with Crippen molar-refractivity contribution in [1.82, 2.24) is 20.0 Å². The summed E-state index contributed by atoms with van der Waals surface area (Å²) in [6.07, 6.45) is 2.54. The topological polar surface area (TPSA) is 67.2 Å². The summed E-state index contributed by atoms with van der Waals surface area (Å²) in [5.41, 5.74) is 3.78. The van der Waals surface area contributed by atoms with E-state index in [1.54, 1.807) is 23.3 Å². The molecule has 4 aromatic rings. The van der Waals surface area contributed by atoms with Crippen LogP contribution < -0.4 is 5.32 Å². The zero-order valence-corrected chi connectivity index (χ0v) is 19.3. The molecule has 2 aromatic carbocycles. The lowest BCUT2D eigenvalue weighted by Gasteiger charge is -2.17. The zero-order valence-electron chi connectivity index (χ0n) is 18.5. The van der Waals surface area contributed by atoms with Gasteiger partial charge in [-0.05, 0) is 29.1 Å². The Morgan fingerprint density at radius 1 is 1.00 bits per heavy atom. The van der Waals surface area contributed by atoms with Crippen LogP contribution in [0.3, 0.4) is 0 Å². The number of hydrogen-bond acceptors (Lipinski definition) is 4. The molecule has 4 rings (SSSR count). The molecule has 168 valence electrons. The molecule has 0 aliphatic carbocycles. The molecule has 2 amide bonds. The Hall–Kier alpha value is -3.71. The highest BCUT2D eigenvalue weighted by Gasteiger charge is 2.17. The molecule has 2 aromatic heterocycles. The van der Waals surface area contributed by atoms with Crippen molar-refractivity contribution in [2.45, 2.75) is 19.4 Å². The molecule has 1 N–H and O–H groups in total. The Labute approximate surface area is 197 Å². The van der Waals surface area contributed by atoms with Gasteiger partial charge >= 0.3 is 0 Å². The van der Waals surface area contributed by atoms with Crippen LogP contribution in [0.2, 0.25) is 0 Å². The van der Waals surface area contributed by atoms with Gasteiger partial charge in [0.05, 0.1) is 17.0 Å². The highest BCUT2D eigenvalue weighted by molar-refractivity contribution is 7.13. The Morgan fingerprint density at radius 2 is 1.73 bits per heavy atom. The number of nitrogens with zero attached hydrogens (tertiary/aromatic N) is 3. The van der Waals surface area contributed by atoms with E-state index in [1.807, 2.05) is 89.1 Å². The molecule has 6 nitrogen and oxygen atoms in total. The minimum Gasteiger partial charge on any atom is -0.355 e. The summed E-state index contributed by atoms with van der Waals surface area (Å²) in [5.74, 6) is -0.111. The van der Waals surface area contributed by atoms with E-state index in [9.17, 15) is 9.59 Å². The monoisotopic (exact) mass is 458 g/mol. The van der Waals surface area contributed by atoms with Crippen LogP contribution in [-0.4, -0.2) is 40.1 Å². The van der Waals surface area contributed by atoms with E-state index < -0.39 is 0 Å². The smallest absolute Gasteiger partial charge is 0.224 e. The van der Waals surface area contributed by atoms with Gasteiger partial charge in [0.2, 0.25) is 11.8 Å². The van der Waals surface area contributed by atoms with Crippen LogP contribution in [0.15, 0.2) is 84.4 Å². The molecule has 0 aliphatic heterocycles. The summed E-state index contributed by atoms with van der Waals surface area (Å²) in [6, 6.07) is 23.5. The first-order valence-electron chi connectivity index (χ1n) is 10.8. The standard InChI is InChI=1S/C26H26N4O2S/c1-29(25(32)14-15-27-24(31)17-20-9-4-2-5-10-20)18-21-19-30(22-11-6-3-7-12-22)28-26(21)23-13-8-16-33-23/h2-13,16,19H,14-15,17-18H2,1H3,(H,27,31). The van der Waals surface area contributed by atoms with Crippen molar-refractivity contribution >= 4 is 23.2 Å². The quantitative estimate of drug-likeness (QED) is 0.406. The maximum Gasteiger partial charge on any atom is 0.224 e. The lowest BCUT2D eigenvalue weighted by molar-refractivity contribution is -0.130. The first kappa shape index (κ1) is 22.5. The number of amides is 2. The molecular weight excluding hydrogens is 432 g/mol. The molecule has 0 saturated heterocycles. The van der Waals surface area contributed by atoms with Crippen LogP contribution in [0.25, 0.3) is 16.3 Å². The van der Waals surface area contributed by atoms with E-state index in [-0.39, 0.29) is 18.2 Å². The summed E-state index contributed by atoms with van der Waals surface area (Å²) < 4.78 is 1.85. The average molecular weight is 459 g/mol. The van der Waals surface area contributed by atoms with Gasteiger partial charge < -0.3 is 10.2 Å². The molecule has 0 unspecified atom stereocenters. The summed E-state index contributed by atoms with van der Waals surface area (Å²) in [4.78, 5) is 27.6. The fourth-order valence-corrected chi connectivity index (χ4v) is 4.29. The number of para-hydroxylation sites is 1. The Bertz CT molecular complexity index is 1190. The zero-order chi connectivity index (χ0) is 23.0. The number of aromatic nitrogens is 2. The lowest BCUT2D eigenvalue weighted by atomic mass is 10.1. The van der Waals surface area contributed by atoms with Gasteiger partial charge in [-0.25, -0.2) is 4.68 Å². The predicted molar refractivity (Wildman–Crippen MR) is 131 cm³/mol. The van der Waals surface area contributed by atoms with Crippen LogP contribution in [0.1, 0.15) is 17.5 Å². The summed E-state index contributed by atoms with van der Waals surface area (Å²) >= 11 is 1.63. The van der Waals surface area contributed by atoms with Crippen molar-refractivity contribution in [2.24, 2.45) is 0 Å². The second-order valence-corrected chi connectivity index (χ2v) is 8.72. The highest BCUT2D eigenvalue weighted by atomic mass is 32.1. The van der Waals surface area contributed by atoms with E-state index in [1.165, 1.54) is 0 Å². The molecule has 0 saturated carbocycles. The Balaban J connectivity index is 1.37. The van der Waals surface area contributed by atoms with Crippen molar-refractivity contribution in [2.75, 3.05) is 13.6 Å². The van der Waals surface area contributed by atoms with E-state index in [0.717, 1.165) is 27.4 Å². The molecule has 0 bridgehead atoms. The Morgan fingerprint density at radius 3 is 2.42 bits per heavy atom. The molecule has 0 fully saturated rings. The maximum atomic E-state index is 12.7. The third-order valence-electron chi connectivity index (χ3n) is 5.27. The molecule has 0 atom stereocenters. The summed E-state index contributed by atoms with van der Waals surface area (Å²) in [5, 5.41) is 9.65. The van der Waals surface area contributed by atoms with Crippen LogP contribution in [-0.2, 0) is 22.6 Å². The van der Waals surface area contributed by atoms with E-state index in [4.69, 9.17) is 5.10 Å². The lowest BCUT2D eigenvalue weighted by Crippen LogP contribution is -2.32. The first-order chi connectivity index (χ1) is 16.1.